The summed E-state index contributed by atoms with van der Waals surface area (Å²) in [5.41, 5.74) is 0. The van der Waals surface area contributed by atoms with Gasteiger partial charge in [-0.25, -0.2) is 0 Å². The van der Waals surface area contributed by atoms with Crippen LogP contribution in [0.4, 0.5) is 0 Å². The molecular weight excluding hydrogens is 204 g/mol. The Balaban J connectivity index is 3.36. The van der Waals surface area contributed by atoms with E-state index in [0.29, 0.717) is 0 Å². The Morgan fingerprint density at radius 3 is 1.82 bits per heavy atom. The second-order valence-corrected chi connectivity index (χ2v) is 6.63. The Bertz CT molecular complexity index is 148. The molecule has 104 valence electrons. The van der Waals surface area contributed by atoms with Crippen molar-refractivity contribution in [3.8, 4) is 0 Å². The number of hydrogen-bond donors (Lipinski definition) is 0. The van der Waals surface area contributed by atoms with Crippen LogP contribution in [0.1, 0.15) is 92.4 Å². The van der Waals surface area contributed by atoms with Crippen molar-refractivity contribution in [2.75, 3.05) is 0 Å². The van der Waals surface area contributed by atoms with Gasteiger partial charge in [0, 0.05) is 0 Å². The van der Waals surface area contributed by atoms with E-state index in [1.165, 1.54) is 57.8 Å². The number of unbranched alkanes of at least 4 members (excludes halogenated alkanes) is 5. The summed E-state index contributed by atoms with van der Waals surface area (Å²) in [6, 6.07) is 0. The molecule has 17 heavy (non-hydrogen) atoms. The van der Waals surface area contributed by atoms with Gasteiger partial charge in [0.25, 0.3) is 0 Å². The van der Waals surface area contributed by atoms with E-state index in [4.69, 9.17) is 0 Å². The van der Waals surface area contributed by atoms with E-state index < -0.39 is 0 Å². The molecule has 0 rings (SSSR count). The average Bonchev–Trinajstić information content (AvgIpc) is 2.21. The smallest absolute Gasteiger partial charge is 0.0438 e. The van der Waals surface area contributed by atoms with Crippen molar-refractivity contribution in [2.45, 2.75) is 92.4 Å². The molecule has 2 atom stereocenters. The topological polar surface area (TPSA) is 0 Å². The third-order valence-electron chi connectivity index (χ3n) is 3.73. The molecule has 0 aromatic carbocycles. The third kappa shape index (κ3) is 12.2. The molecular formula is C17H36. The van der Waals surface area contributed by atoms with Crippen LogP contribution in [0, 0.1) is 17.8 Å². The first kappa shape index (κ1) is 17.0. The lowest BCUT2D eigenvalue weighted by Crippen LogP contribution is -2.06. The summed E-state index contributed by atoms with van der Waals surface area (Å²) in [5, 5.41) is 0. The van der Waals surface area contributed by atoms with Crippen LogP contribution in [0.2, 0.25) is 0 Å². The molecule has 0 amide bonds. The summed E-state index contributed by atoms with van der Waals surface area (Å²) in [4.78, 5) is 0. The Morgan fingerprint density at radius 1 is 0.647 bits per heavy atom. The Hall–Kier alpha value is 0. The fourth-order valence-corrected chi connectivity index (χ4v) is 2.98. The molecule has 0 spiro atoms. The second kappa shape index (κ2) is 11.1. The molecule has 0 aliphatic rings. The van der Waals surface area contributed by atoms with E-state index in [1.54, 1.807) is 0 Å². The Labute approximate surface area is 111 Å². The highest BCUT2D eigenvalue weighted by atomic mass is 14.2. The standard InChI is InChI=1S/C17H36/c1-6-7-8-9-10-11-12-16(4)14-17(5)13-15(2)3/h15-17H,6-14H2,1-5H3. The highest BCUT2D eigenvalue weighted by Gasteiger charge is 2.10. The first-order valence-electron chi connectivity index (χ1n) is 8.06. The van der Waals surface area contributed by atoms with Crippen LogP contribution in [0.25, 0.3) is 0 Å². The minimum atomic E-state index is 0.867. The summed E-state index contributed by atoms with van der Waals surface area (Å²) in [5.74, 6) is 2.73. The first-order chi connectivity index (χ1) is 8.06. The van der Waals surface area contributed by atoms with Gasteiger partial charge < -0.3 is 0 Å². The van der Waals surface area contributed by atoms with Gasteiger partial charge in [-0.3, -0.25) is 0 Å². The summed E-state index contributed by atoms with van der Waals surface area (Å²) in [6.07, 6.45) is 12.9. The minimum Gasteiger partial charge on any atom is -0.0654 e. The lowest BCUT2D eigenvalue weighted by Gasteiger charge is -2.18. The van der Waals surface area contributed by atoms with Gasteiger partial charge in [0.05, 0.1) is 0 Å². The third-order valence-corrected chi connectivity index (χ3v) is 3.73. The van der Waals surface area contributed by atoms with Gasteiger partial charge in [0.2, 0.25) is 0 Å². The van der Waals surface area contributed by atoms with Crippen LogP contribution in [0.3, 0.4) is 0 Å². The van der Waals surface area contributed by atoms with E-state index in [1.807, 2.05) is 0 Å². The molecule has 0 aliphatic carbocycles. The van der Waals surface area contributed by atoms with Crippen molar-refractivity contribution < 1.29 is 0 Å². The van der Waals surface area contributed by atoms with Crippen molar-refractivity contribution in [3.63, 3.8) is 0 Å². The maximum Gasteiger partial charge on any atom is -0.0438 e. The fraction of sp³-hybridized carbons (Fsp3) is 1.00. The normalized spacial score (nSPS) is 15.2. The molecule has 0 saturated carbocycles. The summed E-state index contributed by atoms with van der Waals surface area (Å²) >= 11 is 0. The van der Waals surface area contributed by atoms with Crippen molar-refractivity contribution in [1.29, 1.82) is 0 Å². The molecule has 0 nitrogen and oxygen atoms in total. The minimum absolute atomic E-state index is 0.867. The molecule has 0 heteroatoms. The highest BCUT2D eigenvalue weighted by Crippen LogP contribution is 2.23. The van der Waals surface area contributed by atoms with Gasteiger partial charge in [-0.05, 0) is 30.6 Å². The van der Waals surface area contributed by atoms with Crippen LogP contribution in [0.15, 0.2) is 0 Å². The Morgan fingerprint density at radius 2 is 1.24 bits per heavy atom. The van der Waals surface area contributed by atoms with Crippen molar-refractivity contribution in [1.82, 2.24) is 0 Å². The van der Waals surface area contributed by atoms with Gasteiger partial charge in [0.15, 0.2) is 0 Å². The van der Waals surface area contributed by atoms with E-state index in [2.05, 4.69) is 34.6 Å². The lowest BCUT2D eigenvalue weighted by atomic mass is 9.88. The molecule has 0 aromatic heterocycles. The zero-order valence-corrected chi connectivity index (χ0v) is 13.1. The van der Waals surface area contributed by atoms with Crippen LogP contribution >= 0.6 is 0 Å². The monoisotopic (exact) mass is 240 g/mol. The van der Waals surface area contributed by atoms with E-state index in [-0.39, 0.29) is 0 Å². The second-order valence-electron chi connectivity index (χ2n) is 6.63. The molecule has 0 aromatic rings. The van der Waals surface area contributed by atoms with Crippen LogP contribution in [-0.2, 0) is 0 Å². The van der Waals surface area contributed by atoms with Crippen molar-refractivity contribution in [2.24, 2.45) is 17.8 Å². The van der Waals surface area contributed by atoms with E-state index >= 15 is 0 Å². The largest absolute Gasteiger partial charge is 0.0654 e. The van der Waals surface area contributed by atoms with Gasteiger partial charge in [-0.1, -0.05) is 79.6 Å². The molecule has 0 radical (unpaired) electrons. The first-order valence-corrected chi connectivity index (χ1v) is 8.06. The fourth-order valence-electron chi connectivity index (χ4n) is 2.98. The van der Waals surface area contributed by atoms with Gasteiger partial charge in [-0.2, -0.15) is 0 Å². The molecule has 0 heterocycles. The highest BCUT2D eigenvalue weighted by molar-refractivity contribution is 4.62. The van der Waals surface area contributed by atoms with Gasteiger partial charge in [-0.15, -0.1) is 0 Å². The van der Waals surface area contributed by atoms with Crippen LogP contribution in [-0.4, -0.2) is 0 Å². The molecule has 0 saturated heterocycles. The molecule has 0 bridgehead atoms. The lowest BCUT2D eigenvalue weighted by molar-refractivity contribution is 0.336. The zero-order chi connectivity index (χ0) is 13.1. The van der Waals surface area contributed by atoms with Crippen LogP contribution < -0.4 is 0 Å². The van der Waals surface area contributed by atoms with E-state index in [9.17, 15) is 0 Å². The quantitative estimate of drug-likeness (QED) is 0.364. The SMILES string of the molecule is CCCCCCCCC(C)CC(C)CC(C)C. The predicted molar refractivity (Wildman–Crippen MR) is 80.4 cm³/mol. The van der Waals surface area contributed by atoms with Crippen LogP contribution in [0.5, 0.6) is 0 Å². The van der Waals surface area contributed by atoms with Crippen molar-refractivity contribution in [3.05, 3.63) is 0 Å². The summed E-state index contributed by atoms with van der Waals surface area (Å²) in [6.45, 7) is 11.8. The molecule has 0 aliphatic heterocycles. The van der Waals surface area contributed by atoms with Gasteiger partial charge >= 0.3 is 0 Å². The van der Waals surface area contributed by atoms with Gasteiger partial charge in [0.1, 0.15) is 0 Å². The van der Waals surface area contributed by atoms with E-state index in [0.717, 1.165) is 17.8 Å². The summed E-state index contributed by atoms with van der Waals surface area (Å²) in [7, 11) is 0. The average molecular weight is 240 g/mol. The number of hydrogen-bond acceptors (Lipinski definition) is 0. The summed E-state index contributed by atoms with van der Waals surface area (Å²) < 4.78 is 0. The maximum atomic E-state index is 2.45. The zero-order valence-electron chi connectivity index (χ0n) is 13.1. The van der Waals surface area contributed by atoms with Crippen molar-refractivity contribution >= 4 is 0 Å². The maximum absolute atomic E-state index is 2.45. The molecule has 2 unspecified atom stereocenters. The number of rotatable bonds is 11. The Kier molecular flexibility index (Phi) is 11.1. The molecule has 0 fully saturated rings. The molecule has 0 N–H and O–H groups in total. The predicted octanol–water partition coefficient (Wildman–Crippen LogP) is 6.45.